The van der Waals surface area contributed by atoms with Crippen LogP contribution in [0.25, 0.3) is 0 Å². The number of nitrogen functional groups attached to an aromatic ring is 1. The lowest BCUT2D eigenvalue weighted by Gasteiger charge is -2.38. The monoisotopic (exact) mass is 364 g/mol. The summed E-state index contributed by atoms with van der Waals surface area (Å²) in [5, 5.41) is 11.2. The number of nitrogens with one attached hydrogen (secondary N) is 1. The minimum Gasteiger partial charge on any atom is -0.381 e. The molecule has 0 radical (unpaired) electrons. The van der Waals surface area contributed by atoms with Gasteiger partial charge in [-0.15, -0.1) is 10.2 Å². The fourth-order valence-electron chi connectivity index (χ4n) is 2.85. The molecular formula is C16H20N4O2S2. The molecule has 3 N–H and O–H groups in total. The van der Waals surface area contributed by atoms with E-state index in [1.165, 1.54) is 28.7 Å². The van der Waals surface area contributed by atoms with Crippen LogP contribution in [0.1, 0.15) is 18.4 Å². The van der Waals surface area contributed by atoms with Gasteiger partial charge in [-0.1, -0.05) is 53.4 Å². The molecule has 1 aliphatic heterocycles. The van der Waals surface area contributed by atoms with Crippen LogP contribution in [0.3, 0.4) is 0 Å². The predicted octanol–water partition coefficient (Wildman–Crippen LogP) is 2.08. The Balaban J connectivity index is 1.58. The van der Waals surface area contributed by atoms with Crippen LogP contribution < -0.4 is 11.1 Å². The Bertz CT molecular complexity index is 672. The molecule has 0 unspecified atom stereocenters. The number of hydrogen-bond donors (Lipinski definition) is 2. The topological polar surface area (TPSA) is 90.1 Å². The second kappa shape index (κ2) is 7.96. The Hall–Kier alpha value is -1.64. The van der Waals surface area contributed by atoms with Gasteiger partial charge in [-0.2, -0.15) is 0 Å². The SMILES string of the molecule is Nc1nnc(SCC(=O)NCC2(c3ccccc3)CCOCC2)s1. The van der Waals surface area contributed by atoms with E-state index < -0.39 is 0 Å². The Morgan fingerprint density at radius 2 is 2.04 bits per heavy atom. The molecule has 1 fully saturated rings. The minimum atomic E-state index is -0.0486. The van der Waals surface area contributed by atoms with Crippen LogP contribution in [0.5, 0.6) is 0 Å². The van der Waals surface area contributed by atoms with Crippen LogP contribution in [0.2, 0.25) is 0 Å². The number of amides is 1. The van der Waals surface area contributed by atoms with Gasteiger partial charge >= 0.3 is 0 Å². The quantitative estimate of drug-likeness (QED) is 0.763. The van der Waals surface area contributed by atoms with Crippen molar-refractivity contribution in [3.8, 4) is 0 Å². The molecule has 1 aliphatic rings. The van der Waals surface area contributed by atoms with Crippen molar-refractivity contribution in [1.29, 1.82) is 0 Å². The molecule has 0 saturated carbocycles. The van der Waals surface area contributed by atoms with E-state index in [-0.39, 0.29) is 11.3 Å². The van der Waals surface area contributed by atoms with Crippen molar-refractivity contribution in [2.45, 2.75) is 22.6 Å². The van der Waals surface area contributed by atoms with Gasteiger partial charge in [0.05, 0.1) is 5.75 Å². The third-order valence-corrected chi connectivity index (χ3v) is 6.09. The van der Waals surface area contributed by atoms with Gasteiger partial charge < -0.3 is 15.8 Å². The summed E-state index contributed by atoms with van der Waals surface area (Å²) < 4.78 is 6.23. The van der Waals surface area contributed by atoms with Gasteiger partial charge in [0.25, 0.3) is 0 Å². The first-order valence-electron chi connectivity index (χ1n) is 7.80. The van der Waals surface area contributed by atoms with E-state index in [1.54, 1.807) is 0 Å². The van der Waals surface area contributed by atoms with Gasteiger partial charge in [-0.3, -0.25) is 4.79 Å². The van der Waals surface area contributed by atoms with Crippen molar-refractivity contribution in [2.75, 3.05) is 31.2 Å². The van der Waals surface area contributed by atoms with Crippen molar-refractivity contribution in [3.05, 3.63) is 35.9 Å². The van der Waals surface area contributed by atoms with Gasteiger partial charge in [-0.25, -0.2) is 0 Å². The first kappa shape index (κ1) is 17.2. The molecule has 0 atom stereocenters. The third kappa shape index (κ3) is 4.25. The van der Waals surface area contributed by atoms with Crippen molar-refractivity contribution in [3.63, 3.8) is 0 Å². The zero-order chi connectivity index (χ0) is 16.8. The summed E-state index contributed by atoms with van der Waals surface area (Å²) in [6.07, 6.45) is 1.83. The molecule has 1 aromatic carbocycles. The van der Waals surface area contributed by atoms with Gasteiger partial charge in [0, 0.05) is 25.2 Å². The first-order valence-corrected chi connectivity index (χ1v) is 9.60. The maximum absolute atomic E-state index is 12.2. The summed E-state index contributed by atoms with van der Waals surface area (Å²) >= 11 is 2.65. The normalized spacial score (nSPS) is 16.7. The molecule has 0 bridgehead atoms. The fraction of sp³-hybridized carbons (Fsp3) is 0.438. The number of rotatable bonds is 6. The molecular weight excluding hydrogens is 344 g/mol. The largest absolute Gasteiger partial charge is 0.381 e. The number of nitrogens with zero attached hydrogens (tertiary/aromatic N) is 2. The second-order valence-electron chi connectivity index (χ2n) is 5.73. The standard InChI is InChI=1S/C16H20N4O2S2/c17-14-19-20-15(24-14)23-10-13(21)18-11-16(6-8-22-9-7-16)12-4-2-1-3-5-12/h1-5H,6-11H2,(H2,17,19)(H,18,21). The number of hydrogen-bond acceptors (Lipinski definition) is 7. The molecule has 8 heteroatoms. The Kier molecular flexibility index (Phi) is 5.70. The lowest BCUT2D eigenvalue weighted by Crippen LogP contribution is -2.45. The minimum absolute atomic E-state index is 0.00410. The highest BCUT2D eigenvalue weighted by Crippen LogP contribution is 2.34. The summed E-state index contributed by atoms with van der Waals surface area (Å²) in [7, 11) is 0. The molecule has 1 amide bonds. The van der Waals surface area contributed by atoms with E-state index >= 15 is 0 Å². The predicted molar refractivity (Wildman–Crippen MR) is 96.2 cm³/mol. The van der Waals surface area contributed by atoms with Gasteiger partial charge in [0.2, 0.25) is 11.0 Å². The number of benzene rings is 1. The number of aromatic nitrogens is 2. The molecule has 6 nitrogen and oxygen atoms in total. The number of carbonyl (C=O) groups is 1. The summed E-state index contributed by atoms with van der Waals surface area (Å²) in [4.78, 5) is 12.2. The third-order valence-electron chi connectivity index (χ3n) is 4.21. The number of thioether (sulfide) groups is 1. The van der Waals surface area contributed by atoms with Crippen molar-refractivity contribution in [2.24, 2.45) is 0 Å². The van der Waals surface area contributed by atoms with E-state index in [2.05, 4.69) is 27.6 Å². The lowest BCUT2D eigenvalue weighted by atomic mass is 9.74. The van der Waals surface area contributed by atoms with Crippen molar-refractivity contribution in [1.82, 2.24) is 15.5 Å². The average Bonchev–Trinajstić information content (AvgIpc) is 3.05. The van der Waals surface area contributed by atoms with E-state index in [0.717, 1.165) is 26.1 Å². The molecule has 24 heavy (non-hydrogen) atoms. The second-order valence-corrected chi connectivity index (χ2v) is 7.96. The summed E-state index contributed by atoms with van der Waals surface area (Å²) in [6.45, 7) is 2.07. The van der Waals surface area contributed by atoms with Gasteiger partial charge in [0.15, 0.2) is 4.34 Å². The Morgan fingerprint density at radius 1 is 1.29 bits per heavy atom. The van der Waals surface area contributed by atoms with Crippen molar-refractivity contribution < 1.29 is 9.53 Å². The maximum Gasteiger partial charge on any atom is 0.230 e. The van der Waals surface area contributed by atoms with Crippen LogP contribution in [0, 0.1) is 0 Å². The highest BCUT2D eigenvalue weighted by molar-refractivity contribution is 8.01. The highest BCUT2D eigenvalue weighted by atomic mass is 32.2. The molecule has 1 aromatic heterocycles. The molecule has 0 spiro atoms. The average molecular weight is 364 g/mol. The fourth-order valence-corrected chi connectivity index (χ4v) is 4.31. The van der Waals surface area contributed by atoms with E-state index in [4.69, 9.17) is 10.5 Å². The number of nitrogens with two attached hydrogens (primary N) is 1. The van der Waals surface area contributed by atoms with Crippen LogP contribution in [0.4, 0.5) is 5.13 Å². The summed E-state index contributed by atoms with van der Waals surface area (Å²) in [5.74, 6) is 0.311. The van der Waals surface area contributed by atoms with Crippen LogP contribution in [-0.4, -0.2) is 41.6 Å². The number of carbonyl (C=O) groups excluding carboxylic acids is 1. The van der Waals surface area contributed by atoms with Crippen molar-refractivity contribution >= 4 is 34.1 Å². The molecule has 128 valence electrons. The maximum atomic E-state index is 12.2. The number of ether oxygens (including phenoxy) is 1. The van der Waals surface area contributed by atoms with E-state index in [9.17, 15) is 4.79 Å². The molecule has 1 saturated heterocycles. The van der Waals surface area contributed by atoms with Crippen LogP contribution >= 0.6 is 23.1 Å². The van der Waals surface area contributed by atoms with Gasteiger partial charge in [0.1, 0.15) is 0 Å². The van der Waals surface area contributed by atoms with Crippen LogP contribution in [0.15, 0.2) is 34.7 Å². The van der Waals surface area contributed by atoms with Gasteiger partial charge in [-0.05, 0) is 18.4 Å². The smallest absolute Gasteiger partial charge is 0.230 e. The highest BCUT2D eigenvalue weighted by Gasteiger charge is 2.34. The summed E-state index contributed by atoms with van der Waals surface area (Å²) in [5.41, 5.74) is 6.76. The van der Waals surface area contributed by atoms with Crippen LogP contribution in [-0.2, 0) is 14.9 Å². The first-order chi connectivity index (χ1) is 11.7. The van der Waals surface area contributed by atoms with E-state index in [1.807, 2.05) is 18.2 Å². The Morgan fingerprint density at radius 3 is 2.71 bits per heavy atom. The molecule has 2 aromatic rings. The number of anilines is 1. The van der Waals surface area contributed by atoms with E-state index in [0.29, 0.717) is 21.8 Å². The Labute approximate surface area is 149 Å². The zero-order valence-electron chi connectivity index (χ0n) is 13.2. The molecule has 3 rings (SSSR count). The zero-order valence-corrected chi connectivity index (χ0v) is 14.9. The summed E-state index contributed by atoms with van der Waals surface area (Å²) in [6, 6.07) is 10.4. The lowest BCUT2D eigenvalue weighted by molar-refractivity contribution is -0.119. The molecule has 2 heterocycles. The molecule has 0 aliphatic carbocycles.